The zero-order valence-electron chi connectivity index (χ0n) is 34.6. The van der Waals surface area contributed by atoms with Crippen molar-refractivity contribution >= 4 is 70.9 Å². The van der Waals surface area contributed by atoms with Crippen molar-refractivity contribution in [1.29, 1.82) is 0 Å². The normalized spacial score (nSPS) is 11.5. The molecule has 0 saturated heterocycles. The van der Waals surface area contributed by atoms with Gasteiger partial charge in [0.1, 0.15) is 0 Å². The van der Waals surface area contributed by atoms with E-state index in [4.69, 9.17) is 0 Å². The molecule has 0 aromatic heterocycles. The number of hydrogen-bond acceptors (Lipinski definition) is 1. The maximum atomic E-state index is 2.43. The van der Waals surface area contributed by atoms with Crippen LogP contribution in [0, 0.1) is 0 Å². The van der Waals surface area contributed by atoms with Gasteiger partial charge in [0.25, 0.3) is 0 Å². The SMILES string of the molecule is c1ccc(-c2ccc(N(c3ccc(-c4ccc5c(c4)c(-c4ccccc4)c(-c4ccccc4)c4ccccc45)cc3)c3ccc4c(ccc5ccccc54)c3)c3ccccc23)cc1. The monoisotopic (exact) mass is 799 g/mol. The molecule has 0 heterocycles. The lowest BCUT2D eigenvalue weighted by Gasteiger charge is -2.28. The average Bonchev–Trinajstić information content (AvgIpc) is 3.36. The summed E-state index contributed by atoms with van der Waals surface area (Å²) in [5.41, 5.74) is 13.1. The highest BCUT2D eigenvalue weighted by Crippen LogP contribution is 2.47. The molecular weight excluding hydrogens is 759 g/mol. The van der Waals surface area contributed by atoms with Crippen LogP contribution in [-0.4, -0.2) is 0 Å². The summed E-state index contributed by atoms with van der Waals surface area (Å²) in [4.78, 5) is 2.43. The van der Waals surface area contributed by atoms with Gasteiger partial charge in [0.15, 0.2) is 0 Å². The molecule has 0 atom stereocenters. The van der Waals surface area contributed by atoms with Gasteiger partial charge in [0, 0.05) is 16.8 Å². The first-order valence-electron chi connectivity index (χ1n) is 21.8. The first kappa shape index (κ1) is 36.6. The van der Waals surface area contributed by atoms with Crippen LogP contribution in [0.3, 0.4) is 0 Å². The number of rotatable bonds is 7. The molecule has 12 aromatic carbocycles. The Balaban J connectivity index is 1.04. The number of benzene rings is 12. The maximum Gasteiger partial charge on any atom is 0.0540 e. The third-order valence-corrected chi connectivity index (χ3v) is 12.8. The summed E-state index contributed by atoms with van der Waals surface area (Å²) in [5.74, 6) is 0. The quantitative estimate of drug-likeness (QED) is 0.145. The minimum Gasteiger partial charge on any atom is -0.310 e. The van der Waals surface area contributed by atoms with Gasteiger partial charge >= 0.3 is 0 Å². The molecule has 0 bridgehead atoms. The van der Waals surface area contributed by atoms with Crippen LogP contribution in [0.1, 0.15) is 0 Å². The van der Waals surface area contributed by atoms with E-state index in [1.54, 1.807) is 0 Å². The van der Waals surface area contributed by atoms with Gasteiger partial charge in [-0.2, -0.15) is 0 Å². The van der Waals surface area contributed by atoms with E-state index in [2.05, 4.69) is 254 Å². The summed E-state index contributed by atoms with van der Waals surface area (Å²) in [6.45, 7) is 0. The van der Waals surface area contributed by atoms with E-state index in [0.717, 1.165) is 17.1 Å². The van der Waals surface area contributed by atoms with Crippen molar-refractivity contribution < 1.29 is 0 Å². The molecule has 294 valence electrons. The molecule has 0 radical (unpaired) electrons. The van der Waals surface area contributed by atoms with Gasteiger partial charge in [0.05, 0.1) is 5.69 Å². The van der Waals surface area contributed by atoms with E-state index >= 15 is 0 Å². The van der Waals surface area contributed by atoms with Gasteiger partial charge in [-0.3, -0.25) is 0 Å². The highest BCUT2D eigenvalue weighted by molar-refractivity contribution is 6.22. The standard InChI is InChI=1S/C62H41N/c1-4-16-43(17-5-1)52-38-39-60(57-26-14-12-24-54(52)57)63(50-35-37-53-48(40-50)29-28-44-18-10-11-23-51(44)53)49-33-30-42(31-34-49)47-32-36-56-55-25-13-15-27-58(55)61(45-19-6-2-7-20-45)62(59(56)41-47)46-21-8-3-9-22-46/h1-41H. The molecule has 0 N–H and O–H groups in total. The van der Waals surface area contributed by atoms with Crippen LogP contribution < -0.4 is 4.90 Å². The number of fused-ring (bicyclic) bond motifs is 7. The van der Waals surface area contributed by atoms with Crippen molar-refractivity contribution in [2.45, 2.75) is 0 Å². The molecule has 0 fully saturated rings. The molecule has 12 aromatic rings. The second-order valence-electron chi connectivity index (χ2n) is 16.4. The van der Waals surface area contributed by atoms with Crippen LogP contribution in [0.5, 0.6) is 0 Å². The number of nitrogens with zero attached hydrogens (tertiary/aromatic N) is 1. The summed E-state index contributed by atoms with van der Waals surface area (Å²) in [6, 6.07) is 91.0. The van der Waals surface area contributed by atoms with Crippen molar-refractivity contribution in [3.63, 3.8) is 0 Å². The molecular formula is C62H41N. The van der Waals surface area contributed by atoms with Crippen LogP contribution in [0.2, 0.25) is 0 Å². The first-order chi connectivity index (χ1) is 31.3. The Morgan fingerprint density at radius 3 is 1.43 bits per heavy atom. The smallest absolute Gasteiger partial charge is 0.0540 e. The Kier molecular flexibility index (Phi) is 8.90. The predicted octanol–water partition coefficient (Wildman–Crippen LogP) is 17.6. The molecule has 0 amide bonds. The van der Waals surface area contributed by atoms with Crippen LogP contribution in [0.4, 0.5) is 17.1 Å². The van der Waals surface area contributed by atoms with Crippen molar-refractivity contribution in [3.8, 4) is 44.5 Å². The Morgan fingerprint density at radius 1 is 0.222 bits per heavy atom. The van der Waals surface area contributed by atoms with Crippen LogP contribution >= 0.6 is 0 Å². The lowest BCUT2D eigenvalue weighted by atomic mass is 9.84. The molecule has 0 saturated carbocycles. The van der Waals surface area contributed by atoms with Gasteiger partial charge in [-0.25, -0.2) is 0 Å². The average molecular weight is 800 g/mol. The fraction of sp³-hybridized carbons (Fsp3) is 0. The van der Waals surface area contributed by atoms with Gasteiger partial charge in [0.2, 0.25) is 0 Å². The van der Waals surface area contributed by atoms with E-state index in [0.29, 0.717) is 0 Å². The van der Waals surface area contributed by atoms with E-state index in [1.807, 2.05) is 0 Å². The molecule has 0 spiro atoms. The van der Waals surface area contributed by atoms with Gasteiger partial charge in [-0.05, 0) is 129 Å². The summed E-state index contributed by atoms with van der Waals surface area (Å²) < 4.78 is 0. The van der Waals surface area contributed by atoms with E-state index < -0.39 is 0 Å². The number of hydrogen-bond donors (Lipinski definition) is 0. The van der Waals surface area contributed by atoms with Crippen LogP contribution in [0.15, 0.2) is 249 Å². The van der Waals surface area contributed by atoms with Crippen molar-refractivity contribution in [2.24, 2.45) is 0 Å². The minimum atomic E-state index is 1.10. The fourth-order valence-corrected chi connectivity index (χ4v) is 9.90. The van der Waals surface area contributed by atoms with Gasteiger partial charge in [-0.1, -0.05) is 212 Å². The highest BCUT2D eigenvalue weighted by Gasteiger charge is 2.20. The second kappa shape index (κ2) is 15.3. The summed E-state index contributed by atoms with van der Waals surface area (Å²) in [7, 11) is 0. The molecule has 1 nitrogen and oxygen atoms in total. The largest absolute Gasteiger partial charge is 0.310 e. The van der Waals surface area contributed by atoms with E-state index in [1.165, 1.54) is 98.4 Å². The topological polar surface area (TPSA) is 3.24 Å². The highest BCUT2D eigenvalue weighted by atomic mass is 15.1. The fourth-order valence-electron chi connectivity index (χ4n) is 9.90. The van der Waals surface area contributed by atoms with Gasteiger partial charge in [-0.15, -0.1) is 0 Å². The molecule has 0 aliphatic heterocycles. The lowest BCUT2D eigenvalue weighted by molar-refractivity contribution is 1.30. The zero-order valence-corrected chi connectivity index (χ0v) is 34.6. The Hall–Kier alpha value is -8.26. The third kappa shape index (κ3) is 6.33. The van der Waals surface area contributed by atoms with Crippen molar-refractivity contribution in [2.75, 3.05) is 4.90 Å². The van der Waals surface area contributed by atoms with Crippen molar-refractivity contribution in [1.82, 2.24) is 0 Å². The molecule has 63 heavy (non-hydrogen) atoms. The maximum absolute atomic E-state index is 2.43. The molecule has 0 aliphatic rings. The molecule has 0 unspecified atom stereocenters. The van der Waals surface area contributed by atoms with E-state index in [9.17, 15) is 0 Å². The summed E-state index contributed by atoms with van der Waals surface area (Å²) in [6.07, 6.45) is 0. The Labute approximate surface area is 367 Å². The van der Waals surface area contributed by atoms with Crippen LogP contribution in [-0.2, 0) is 0 Å². The minimum absolute atomic E-state index is 1.10. The molecule has 0 aliphatic carbocycles. The Bertz CT molecular complexity index is 3650. The lowest BCUT2D eigenvalue weighted by Crippen LogP contribution is -2.10. The molecule has 1 heteroatoms. The van der Waals surface area contributed by atoms with E-state index in [-0.39, 0.29) is 0 Å². The predicted molar refractivity (Wildman–Crippen MR) is 270 cm³/mol. The van der Waals surface area contributed by atoms with Crippen LogP contribution in [0.25, 0.3) is 98.4 Å². The van der Waals surface area contributed by atoms with Crippen molar-refractivity contribution in [3.05, 3.63) is 249 Å². The summed E-state index contributed by atoms with van der Waals surface area (Å²) >= 11 is 0. The molecule has 12 rings (SSSR count). The summed E-state index contributed by atoms with van der Waals surface area (Å²) in [5, 5.41) is 12.4. The Morgan fingerprint density at radius 2 is 0.714 bits per heavy atom. The number of anilines is 3. The second-order valence-corrected chi connectivity index (χ2v) is 16.4. The third-order valence-electron chi connectivity index (χ3n) is 12.8. The van der Waals surface area contributed by atoms with Gasteiger partial charge < -0.3 is 4.90 Å². The zero-order chi connectivity index (χ0) is 41.7. The first-order valence-corrected chi connectivity index (χ1v) is 21.8.